The summed E-state index contributed by atoms with van der Waals surface area (Å²) >= 11 is 5.75. The van der Waals surface area contributed by atoms with Crippen molar-refractivity contribution in [1.82, 2.24) is 10.6 Å². The molecule has 1 aliphatic carbocycles. The highest BCUT2D eigenvalue weighted by atomic mass is 35.5. The van der Waals surface area contributed by atoms with E-state index in [1.165, 1.54) is 12.1 Å². The SMILES string of the molecule is CC1(/C=C(\C=N)C(=O)N[C@@]2(C(=O)NCc3ccc(Nc4ccc(Cl)cc4C(F)(F)F)cc3)CCOC2)CCCCC1. The van der Waals surface area contributed by atoms with Crippen LogP contribution >= 0.6 is 11.6 Å². The van der Waals surface area contributed by atoms with Crippen molar-refractivity contribution in [1.29, 1.82) is 5.41 Å². The summed E-state index contributed by atoms with van der Waals surface area (Å²) in [6.07, 6.45) is 3.82. The van der Waals surface area contributed by atoms with Crippen molar-refractivity contribution in [2.75, 3.05) is 18.5 Å². The fourth-order valence-corrected chi connectivity index (χ4v) is 5.49. The van der Waals surface area contributed by atoms with Crippen LogP contribution in [0.25, 0.3) is 0 Å². The van der Waals surface area contributed by atoms with Crippen LogP contribution in [0.1, 0.15) is 56.6 Å². The number of nitrogens with one attached hydrogen (secondary N) is 4. The van der Waals surface area contributed by atoms with Gasteiger partial charge in [0, 0.05) is 36.5 Å². The van der Waals surface area contributed by atoms with E-state index in [-0.39, 0.29) is 34.8 Å². The molecule has 0 bridgehead atoms. The fourth-order valence-electron chi connectivity index (χ4n) is 5.31. The highest BCUT2D eigenvalue weighted by Gasteiger charge is 2.44. The molecule has 1 atom stereocenters. The van der Waals surface area contributed by atoms with Crippen molar-refractivity contribution < 1.29 is 27.5 Å². The Bertz CT molecular complexity index is 1300. The van der Waals surface area contributed by atoms with Gasteiger partial charge < -0.3 is 26.1 Å². The molecule has 11 heteroatoms. The van der Waals surface area contributed by atoms with E-state index in [2.05, 4.69) is 22.9 Å². The molecule has 1 aliphatic heterocycles. The summed E-state index contributed by atoms with van der Waals surface area (Å²) in [5.74, 6) is -0.891. The molecule has 0 aromatic heterocycles. The van der Waals surface area contributed by atoms with Gasteiger partial charge in [-0.3, -0.25) is 9.59 Å². The summed E-state index contributed by atoms with van der Waals surface area (Å²) in [6, 6.07) is 10.1. The van der Waals surface area contributed by atoms with Crippen LogP contribution in [0.4, 0.5) is 24.5 Å². The summed E-state index contributed by atoms with van der Waals surface area (Å²) in [6.45, 7) is 2.55. The van der Waals surface area contributed by atoms with Gasteiger partial charge in [-0.25, -0.2) is 0 Å². The molecule has 4 rings (SSSR count). The molecule has 2 fully saturated rings. The molecule has 0 radical (unpaired) electrons. The summed E-state index contributed by atoms with van der Waals surface area (Å²) in [5.41, 5.74) is -1.06. The number of rotatable bonds is 9. The first-order valence-electron chi connectivity index (χ1n) is 13.6. The lowest BCUT2D eigenvalue weighted by atomic mass is 9.74. The second kappa shape index (κ2) is 12.7. The van der Waals surface area contributed by atoms with Gasteiger partial charge in [0.15, 0.2) is 0 Å². The number of anilines is 2. The molecule has 4 N–H and O–H groups in total. The smallest absolute Gasteiger partial charge is 0.378 e. The van der Waals surface area contributed by atoms with Crippen molar-refractivity contribution in [3.8, 4) is 0 Å². The fraction of sp³-hybridized carbons (Fsp3) is 0.433. The van der Waals surface area contributed by atoms with Gasteiger partial charge >= 0.3 is 6.18 Å². The predicted molar refractivity (Wildman–Crippen MR) is 152 cm³/mol. The lowest BCUT2D eigenvalue weighted by molar-refractivity contribution is -0.137. The molecule has 0 spiro atoms. The summed E-state index contributed by atoms with van der Waals surface area (Å²) in [7, 11) is 0. The highest BCUT2D eigenvalue weighted by Crippen LogP contribution is 2.39. The second-order valence-electron chi connectivity index (χ2n) is 11.0. The van der Waals surface area contributed by atoms with Crippen LogP contribution in [0.3, 0.4) is 0 Å². The number of halogens is 4. The Morgan fingerprint density at radius 1 is 1.07 bits per heavy atom. The van der Waals surface area contributed by atoms with E-state index in [0.29, 0.717) is 24.3 Å². The summed E-state index contributed by atoms with van der Waals surface area (Å²) in [4.78, 5) is 26.5. The number of carbonyl (C=O) groups is 2. The van der Waals surface area contributed by atoms with Gasteiger partial charge in [0.1, 0.15) is 5.54 Å². The second-order valence-corrected chi connectivity index (χ2v) is 11.4. The topological polar surface area (TPSA) is 103 Å². The van der Waals surface area contributed by atoms with Crippen molar-refractivity contribution in [3.05, 3.63) is 70.3 Å². The Morgan fingerprint density at radius 3 is 2.39 bits per heavy atom. The maximum absolute atomic E-state index is 13.4. The van der Waals surface area contributed by atoms with Gasteiger partial charge in [-0.05, 0) is 54.2 Å². The third-order valence-electron chi connectivity index (χ3n) is 7.70. The number of allylic oxidation sites excluding steroid dienone is 1. The van der Waals surface area contributed by atoms with Crippen molar-refractivity contribution in [2.24, 2.45) is 5.41 Å². The van der Waals surface area contributed by atoms with Gasteiger partial charge in [0.05, 0.1) is 23.4 Å². The van der Waals surface area contributed by atoms with E-state index >= 15 is 0 Å². The number of amides is 2. The maximum Gasteiger partial charge on any atom is 0.418 e. The first-order valence-corrected chi connectivity index (χ1v) is 14.0. The third-order valence-corrected chi connectivity index (χ3v) is 7.93. The van der Waals surface area contributed by atoms with Crippen molar-refractivity contribution in [3.63, 3.8) is 0 Å². The van der Waals surface area contributed by atoms with Gasteiger partial charge in [0.25, 0.3) is 5.91 Å². The number of carbonyl (C=O) groups excluding carboxylic acids is 2. The Balaban J connectivity index is 1.40. The van der Waals surface area contributed by atoms with Crippen LogP contribution in [-0.4, -0.2) is 36.8 Å². The molecule has 2 aliphatic rings. The van der Waals surface area contributed by atoms with E-state index in [9.17, 15) is 22.8 Å². The number of alkyl halides is 3. The predicted octanol–water partition coefficient (Wildman–Crippen LogP) is 6.54. The minimum atomic E-state index is -4.57. The van der Waals surface area contributed by atoms with Crippen LogP contribution in [-0.2, 0) is 27.0 Å². The maximum atomic E-state index is 13.4. The summed E-state index contributed by atoms with van der Waals surface area (Å²) in [5, 5.41) is 16.3. The average molecular weight is 591 g/mol. The van der Waals surface area contributed by atoms with Crippen molar-refractivity contribution in [2.45, 2.75) is 63.7 Å². The number of hydrogen-bond donors (Lipinski definition) is 4. The van der Waals surface area contributed by atoms with Gasteiger partial charge in [-0.2, -0.15) is 13.2 Å². The van der Waals surface area contributed by atoms with Gasteiger partial charge in [-0.15, -0.1) is 0 Å². The molecule has 1 heterocycles. The molecule has 220 valence electrons. The van der Waals surface area contributed by atoms with E-state index < -0.39 is 29.1 Å². The highest BCUT2D eigenvalue weighted by molar-refractivity contribution is 6.30. The zero-order chi connectivity index (χ0) is 29.7. The minimum Gasteiger partial charge on any atom is -0.378 e. The Morgan fingerprint density at radius 2 is 1.78 bits per heavy atom. The largest absolute Gasteiger partial charge is 0.418 e. The molecule has 1 saturated heterocycles. The van der Waals surface area contributed by atoms with E-state index in [1.807, 2.05) is 6.08 Å². The Labute approximate surface area is 242 Å². The van der Waals surface area contributed by atoms with Crippen molar-refractivity contribution >= 4 is 41.0 Å². The number of benzene rings is 2. The van der Waals surface area contributed by atoms with E-state index in [0.717, 1.165) is 44.4 Å². The van der Waals surface area contributed by atoms with E-state index in [1.54, 1.807) is 24.3 Å². The van der Waals surface area contributed by atoms with Crippen LogP contribution in [0.15, 0.2) is 54.1 Å². The van der Waals surface area contributed by atoms with Gasteiger partial charge in [0.2, 0.25) is 5.91 Å². The first kappa shape index (κ1) is 30.6. The molecule has 2 aromatic carbocycles. The van der Waals surface area contributed by atoms with Gasteiger partial charge in [-0.1, -0.05) is 56.0 Å². The monoisotopic (exact) mass is 590 g/mol. The zero-order valence-electron chi connectivity index (χ0n) is 22.8. The van der Waals surface area contributed by atoms with Crippen LogP contribution in [0, 0.1) is 10.8 Å². The minimum absolute atomic E-state index is 0.0125. The third kappa shape index (κ3) is 7.68. The van der Waals surface area contributed by atoms with Crippen LogP contribution in [0.2, 0.25) is 5.02 Å². The standard InChI is InChI=1S/C30H34ClF3N4O3/c1-28(11-3-2-4-12-28)16-21(17-35)26(39)38-29(13-14-41-19-29)27(40)36-18-20-5-8-23(9-6-20)37-25-10-7-22(31)15-24(25)30(32,33)34/h5-10,15-17,35,37H,2-4,11-14,18-19H2,1H3,(H,36,40)(H,38,39)/b21-16+,35-17?/t29-/m0/s1. The molecular formula is C30H34ClF3N4O3. The summed E-state index contributed by atoms with van der Waals surface area (Å²) < 4.78 is 45.7. The Kier molecular flexibility index (Phi) is 9.44. The molecule has 0 unspecified atom stereocenters. The lowest BCUT2D eigenvalue weighted by Crippen LogP contribution is -2.59. The normalized spacial score (nSPS) is 20.8. The molecule has 2 amide bonds. The Hall–Kier alpha value is -3.37. The molecule has 1 saturated carbocycles. The lowest BCUT2D eigenvalue weighted by Gasteiger charge is -2.32. The first-order chi connectivity index (χ1) is 19.4. The molecular weight excluding hydrogens is 557 g/mol. The zero-order valence-corrected chi connectivity index (χ0v) is 23.6. The molecule has 2 aromatic rings. The van der Waals surface area contributed by atoms with E-state index in [4.69, 9.17) is 21.7 Å². The average Bonchev–Trinajstić information content (AvgIpc) is 3.41. The molecule has 41 heavy (non-hydrogen) atoms. The van der Waals surface area contributed by atoms with Crippen LogP contribution < -0.4 is 16.0 Å². The quantitative estimate of drug-likeness (QED) is 0.197. The number of hydrogen-bond acceptors (Lipinski definition) is 5. The number of ether oxygens (including phenoxy) is 1. The molecule has 7 nitrogen and oxygen atoms in total. The van der Waals surface area contributed by atoms with Crippen LogP contribution in [0.5, 0.6) is 0 Å².